The summed E-state index contributed by atoms with van der Waals surface area (Å²) in [6.45, 7) is 5.29. The first-order valence-electron chi connectivity index (χ1n) is 7.29. The summed E-state index contributed by atoms with van der Waals surface area (Å²) in [6, 6.07) is 9.35. The van der Waals surface area contributed by atoms with Crippen LogP contribution < -0.4 is 0 Å². The number of carbonyl (C=O) groups excluding carboxylic acids is 1. The number of aliphatic carboxylic acids is 1. The average Bonchev–Trinajstić information content (AvgIpc) is 2.45. The standard InChI is InChI=1S/C17H25NO3/c1-13(15(19)20)18(4)16(21)17(2,3)12-8-11-14-9-6-5-7-10-14/h5-7,9-10,13H,8,11-12H2,1-4H3,(H,19,20). The Labute approximate surface area is 126 Å². The van der Waals surface area contributed by atoms with Gasteiger partial charge in [-0.05, 0) is 31.7 Å². The van der Waals surface area contributed by atoms with Gasteiger partial charge in [-0.1, -0.05) is 44.2 Å². The highest BCUT2D eigenvalue weighted by Gasteiger charge is 2.33. The molecule has 4 heteroatoms. The maximum Gasteiger partial charge on any atom is 0.326 e. The number of rotatable bonds is 7. The number of hydrogen-bond acceptors (Lipinski definition) is 2. The van der Waals surface area contributed by atoms with E-state index in [4.69, 9.17) is 5.11 Å². The van der Waals surface area contributed by atoms with Crippen molar-refractivity contribution in [3.8, 4) is 0 Å². The molecule has 0 saturated carbocycles. The van der Waals surface area contributed by atoms with Crippen LogP contribution in [0.5, 0.6) is 0 Å². The van der Waals surface area contributed by atoms with E-state index in [1.807, 2.05) is 32.0 Å². The van der Waals surface area contributed by atoms with Crippen molar-refractivity contribution < 1.29 is 14.7 Å². The van der Waals surface area contributed by atoms with Crippen LogP contribution in [-0.4, -0.2) is 35.0 Å². The normalized spacial score (nSPS) is 12.8. The van der Waals surface area contributed by atoms with E-state index in [2.05, 4.69) is 12.1 Å². The van der Waals surface area contributed by atoms with E-state index in [0.717, 1.165) is 19.3 Å². The molecule has 0 saturated heterocycles. The molecular formula is C17H25NO3. The number of carbonyl (C=O) groups is 2. The van der Waals surface area contributed by atoms with Crippen LogP contribution in [0.3, 0.4) is 0 Å². The van der Waals surface area contributed by atoms with Gasteiger partial charge in [-0.15, -0.1) is 0 Å². The van der Waals surface area contributed by atoms with Crippen LogP contribution in [0.2, 0.25) is 0 Å². The molecule has 0 aromatic heterocycles. The van der Waals surface area contributed by atoms with Crippen molar-refractivity contribution in [3.05, 3.63) is 35.9 Å². The summed E-state index contributed by atoms with van der Waals surface area (Å²) >= 11 is 0. The van der Waals surface area contributed by atoms with Gasteiger partial charge in [-0.2, -0.15) is 0 Å². The minimum absolute atomic E-state index is 0.120. The van der Waals surface area contributed by atoms with E-state index in [1.54, 1.807) is 7.05 Å². The third-order valence-corrected chi connectivity index (χ3v) is 3.95. The van der Waals surface area contributed by atoms with Crippen LogP contribution in [0.4, 0.5) is 0 Å². The lowest BCUT2D eigenvalue weighted by atomic mass is 9.84. The van der Waals surface area contributed by atoms with Gasteiger partial charge in [0.2, 0.25) is 5.91 Å². The van der Waals surface area contributed by atoms with Crippen LogP contribution in [0, 0.1) is 5.41 Å². The second kappa shape index (κ2) is 7.25. The molecule has 1 atom stereocenters. The highest BCUT2D eigenvalue weighted by atomic mass is 16.4. The topological polar surface area (TPSA) is 57.6 Å². The molecule has 0 bridgehead atoms. The first-order chi connectivity index (χ1) is 9.75. The summed E-state index contributed by atoms with van der Waals surface area (Å²) in [7, 11) is 1.56. The summed E-state index contributed by atoms with van der Waals surface area (Å²) in [6.07, 6.45) is 2.56. The van der Waals surface area contributed by atoms with Crippen LogP contribution in [0.15, 0.2) is 30.3 Å². The van der Waals surface area contributed by atoms with Crippen molar-refractivity contribution in [1.29, 1.82) is 0 Å². The fourth-order valence-electron chi connectivity index (χ4n) is 2.31. The second-order valence-electron chi connectivity index (χ2n) is 6.15. The molecule has 0 radical (unpaired) electrons. The predicted molar refractivity (Wildman–Crippen MR) is 83.0 cm³/mol. The largest absolute Gasteiger partial charge is 0.480 e. The number of hydrogen-bond donors (Lipinski definition) is 1. The molecule has 116 valence electrons. The lowest BCUT2D eigenvalue weighted by molar-refractivity contribution is -0.152. The summed E-state index contributed by atoms with van der Waals surface area (Å²) < 4.78 is 0. The predicted octanol–water partition coefficient (Wildman–Crippen LogP) is 2.97. The van der Waals surface area contributed by atoms with E-state index >= 15 is 0 Å². The molecule has 4 nitrogen and oxygen atoms in total. The lowest BCUT2D eigenvalue weighted by Crippen LogP contribution is -2.46. The molecule has 0 aliphatic carbocycles. The molecule has 0 spiro atoms. The molecule has 0 fully saturated rings. The number of nitrogens with zero attached hydrogens (tertiary/aromatic N) is 1. The van der Waals surface area contributed by atoms with Crippen molar-refractivity contribution in [1.82, 2.24) is 4.90 Å². The number of carboxylic acids is 1. The van der Waals surface area contributed by atoms with E-state index in [-0.39, 0.29) is 5.91 Å². The van der Waals surface area contributed by atoms with Crippen molar-refractivity contribution in [3.63, 3.8) is 0 Å². The lowest BCUT2D eigenvalue weighted by Gasteiger charge is -2.31. The Morgan fingerprint density at radius 1 is 1.24 bits per heavy atom. The molecule has 21 heavy (non-hydrogen) atoms. The molecule has 1 aromatic carbocycles. The first kappa shape index (κ1) is 17.2. The van der Waals surface area contributed by atoms with Crippen LogP contribution in [0.1, 0.15) is 39.2 Å². The number of benzene rings is 1. The maximum atomic E-state index is 12.4. The molecule has 0 heterocycles. The van der Waals surface area contributed by atoms with E-state index in [9.17, 15) is 9.59 Å². The third-order valence-electron chi connectivity index (χ3n) is 3.95. The van der Waals surface area contributed by atoms with E-state index in [0.29, 0.717) is 0 Å². The van der Waals surface area contributed by atoms with Crippen molar-refractivity contribution in [2.45, 2.75) is 46.1 Å². The summed E-state index contributed by atoms with van der Waals surface area (Å²) in [4.78, 5) is 24.7. The Hall–Kier alpha value is -1.84. The molecule has 1 N–H and O–H groups in total. The Morgan fingerprint density at radius 2 is 1.81 bits per heavy atom. The Balaban J connectivity index is 2.56. The van der Waals surface area contributed by atoms with Crippen LogP contribution in [0.25, 0.3) is 0 Å². The molecule has 0 aliphatic heterocycles. The summed E-state index contributed by atoms with van der Waals surface area (Å²) in [5.74, 6) is -1.10. The van der Waals surface area contributed by atoms with Gasteiger partial charge < -0.3 is 10.0 Å². The second-order valence-corrected chi connectivity index (χ2v) is 6.15. The minimum Gasteiger partial charge on any atom is -0.480 e. The van der Waals surface area contributed by atoms with Gasteiger partial charge in [0, 0.05) is 12.5 Å². The Bertz CT molecular complexity index is 482. The molecular weight excluding hydrogens is 266 g/mol. The van der Waals surface area contributed by atoms with Crippen LogP contribution >= 0.6 is 0 Å². The number of carboxylic acid groups (broad SMARTS) is 1. The molecule has 1 amide bonds. The van der Waals surface area contributed by atoms with Gasteiger partial charge >= 0.3 is 5.97 Å². The smallest absolute Gasteiger partial charge is 0.326 e. The zero-order valence-electron chi connectivity index (χ0n) is 13.3. The monoisotopic (exact) mass is 291 g/mol. The molecule has 1 unspecified atom stereocenters. The van der Waals surface area contributed by atoms with Crippen molar-refractivity contribution >= 4 is 11.9 Å². The number of amides is 1. The number of aryl methyl sites for hydroxylation is 1. The third kappa shape index (κ3) is 4.88. The zero-order chi connectivity index (χ0) is 16.0. The molecule has 1 aromatic rings. The molecule has 0 aliphatic rings. The average molecular weight is 291 g/mol. The van der Waals surface area contributed by atoms with Gasteiger partial charge in [0.15, 0.2) is 0 Å². The van der Waals surface area contributed by atoms with Crippen molar-refractivity contribution in [2.75, 3.05) is 7.05 Å². The fraction of sp³-hybridized carbons (Fsp3) is 0.529. The summed E-state index contributed by atoms with van der Waals surface area (Å²) in [5, 5.41) is 9.00. The van der Waals surface area contributed by atoms with E-state index < -0.39 is 17.4 Å². The Kier molecular flexibility index (Phi) is 5.94. The van der Waals surface area contributed by atoms with Gasteiger partial charge in [-0.3, -0.25) is 4.79 Å². The summed E-state index contributed by atoms with van der Waals surface area (Å²) in [5.41, 5.74) is 0.709. The van der Waals surface area contributed by atoms with Gasteiger partial charge in [0.25, 0.3) is 0 Å². The minimum atomic E-state index is -0.981. The van der Waals surface area contributed by atoms with Crippen LogP contribution in [-0.2, 0) is 16.0 Å². The van der Waals surface area contributed by atoms with Gasteiger partial charge in [0.1, 0.15) is 6.04 Å². The highest BCUT2D eigenvalue weighted by molar-refractivity contribution is 5.86. The molecule has 1 rings (SSSR count). The maximum absolute atomic E-state index is 12.4. The van der Waals surface area contributed by atoms with E-state index in [1.165, 1.54) is 17.4 Å². The van der Waals surface area contributed by atoms with Gasteiger partial charge in [-0.25, -0.2) is 4.79 Å². The highest BCUT2D eigenvalue weighted by Crippen LogP contribution is 2.26. The fourth-order valence-corrected chi connectivity index (χ4v) is 2.31. The number of likely N-dealkylation sites (N-methyl/N-ethyl adjacent to an activating group) is 1. The SMILES string of the molecule is CC(C(=O)O)N(C)C(=O)C(C)(C)CCCc1ccccc1. The quantitative estimate of drug-likeness (QED) is 0.840. The zero-order valence-corrected chi connectivity index (χ0v) is 13.3. The Morgan fingerprint density at radius 3 is 2.33 bits per heavy atom. The first-order valence-corrected chi connectivity index (χ1v) is 7.29. The van der Waals surface area contributed by atoms with Crippen molar-refractivity contribution in [2.24, 2.45) is 5.41 Å². The van der Waals surface area contributed by atoms with Gasteiger partial charge in [0.05, 0.1) is 0 Å².